The van der Waals surface area contributed by atoms with Crippen molar-refractivity contribution in [3.63, 3.8) is 0 Å². The van der Waals surface area contributed by atoms with Crippen molar-refractivity contribution in [2.75, 3.05) is 0 Å². The smallest absolute Gasteiger partial charge is 0.266 e. The van der Waals surface area contributed by atoms with Gasteiger partial charge in [0.1, 0.15) is 5.82 Å². The number of para-hydroxylation sites is 1. The standard InChI is InChI=1S/C31H35N3O2/c1-5-7-17-29(35)33(21-24-13-9-8-10-14-24)28(6-2)30-32-27-16-12-11-15-26(27)31(36)34(30)25-19-18-22(3)23(4)20-25/h8-16,18-20,28H,5-7,17,21H2,1-4H3. The van der Waals surface area contributed by atoms with Crippen molar-refractivity contribution in [2.45, 2.75) is 66.0 Å². The number of nitrogens with zero attached hydrogens (tertiary/aromatic N) is 3. The third kappa shape index (κ3) is 5.25. The summed E-state index contributed by atoms with van der Waals surface area (Å²) in [6.07, 6.45) is 2.89. The van der Waals surface area contributed by atoms with E-state index in [1.165, 1.54) is 0 Å². The lowest BCUT2D eigenvalue weighted by Crippen LogP contribution is -2.38. The second-order valence-corrected chi connectivity index (χ2v) is 9.43. The Labute approximate surface area is 213 Å². The number of benzene rings is 3. The molecule has 0 saturated heterocycles. The van der Waals surface area contributed by atoms with Crippen LogP contribution in [-0.4, -0.2) is 20.4 Å². The molecule has 36 heavy (non-hydrogen) atoms. The van der Waals surface area contributed by atoms with Crippen LogP contribution >= 0.6 is 0 Å². The van der Waals surface area contributed by atoms with Crippen molar-refractivity contribution in [1.29, 1.82) is 0 Å². The minimum atomic E-state index is -0.353. The molecule has 5 heteroatoms. The molecular formula is C31H35N3O2. The van der Waals surface area contributed by atoms with Gasteiger partial charge in [-0.25, -0.2) is 4.98 Å². The summed E-state index contributed by atoms with van der Waals surface area (Å²) in [6.45, 7) is 8.73. The van der Waals surface area contributed by atoms with E-state index >= 15 is 0 Å². The average molecular weight is 482 g/mol. The van der Waals surface area contributed by atoms with Gasteiger partial charge in [-0.1, -0.05) is 68.8 Å². The Morgan fingerprint density at radius 3 is 2.36 bits per heavy atom. The predicted molar refractivity (Wildman–Crippen MR) is 146 cm³/mol. The minimum absolute atomic E-state index is 0.0848. The van der Waals surface area contributed by atoms with Crippen LogP contribution in [0, 0.1) is 13.8 Å². The van der Waals surface area contributed by atoms with Crippen LogP contribution < -0.4 is 5.56 Å². The van der Waals surface area contributed by atoms with Crippen molar-refractivity contribution in [1.82, 2.24) is 14.5 Å². The van der Waals surface area contributed by atoms with Crippen LogP contribution in [0.5, 0.6) is 0 Å². The first-order chi connectivity index (χ1) is 17.4. The maximum absolute atomic E-state index is 13.9. The van der Waals surface area contributed by atoms with E-state index in [2.05, 4.69) is 20.8 Å². The van der Waals surface area contributed by atoms with Crippen LogP contribution in [0.2, 0.25) is 0 Å². The molecule has 1 atom stereocenters. The Morgan fingerprint density at radius 1 is 0.944 bits per heavy atom. The lowest BCUT2D eigenvalue weighted by molar-refractivity contribution is -0.135. The summed E-state index contributed by atoms with van der Waals surface area (Å²) >= 11 is 0. The van der Waals surface area contributed by atoms with Gasteiger partial charge in [-0.3, -0.25) is 14.2 Å². The van der Waals surface area contributed by atoms with Gasteiger partial charge >= 0.3 is 0 Å². The summed E-state index contributed by atoms with van der Waals surface area (Å²) in [5.74, 6) is 0.687. The van der Waals surface area contributed by atoms with E-state index < -0.39 is 0 Å². The van der Waals surface area contributed by atoms with Gasteiger partial charge < -0.3 is 4.90 Å². The number of unbranched alkanes of at least 4 members (excludes halogenated alkanes) is 1. The predicted octanol–water partition coefficient (Wildman–Crippen LogP) is 6.67. The van der Waals surface area contributed by atoms with E-state index in [1.54, 1.807) is 4.57 Å². The van der Waals surface area contributed by atoms with Crippen molar-refractivity contribution in [2.24, 2.45) is 0 Å². The number of rotatable bonds is 9. The third-order valence-electron chi connectivity index (χ3n) is 6.87. The van der Waals surface area contributed by atoms with Crippen molar-refractivity contribution in [3.8, 4) is 5.69 Å². The van der Waals surface area contributed by atoms with Gasteiger partial charge in [0.25, 0.3) is 5.56 Å². The Morgan fingerprint density at radius 2 is 1.67 bits per heavy atom. The Kier molecular flexibility index (Phi) is 7.99. The lowest BCUT2D eigenvalue weighted by Gasteiger charge is -2.33. The van der Waals surface area contributed by atoms with Gasteiger partial charge in [-0.15, -0.1) is 0 Å². The molecule has 0 N–H and O–H groups in total. The van der Waals surface area contributed by atoms with Gasteiger partial charge in [-0.05, 0) is 67.6 Å². The zero-order chi connectivity index (χ0) is 25.7. The summed E-state index contributed by atoms with van der Waals surface area (Å²) in [5, 5.41) is 0.571. The second kappa shape index (κ2) is 11.3. The number of hydrogen-bond donors (Lipinski definition) is 0. The van der Waals surface area contributed by atoms with E-state index in [1.807, 2.05) is 84.6 Å². The topological polar surface area (TPSA) is 55.2 Å². The molecule has 186 valence electrons. The maximum Gasteiger partial charge on any atom is 0.266 e. The number of carbonyl (C=O) groups is 1. The van der Waals surface area contributed by atoms with E-state index in [0.717, 1.165) is 35.2 Å². The van der Waals surface area contributed by atoms with Gasteiger partial charge in [-0.2, -0.15) is 0 Å². The fourth-order valence-corrected chi connectivity index (χ4v) is 4.65. The molecule has 0 fully saturated rings. The summed E-state index contributed by atoms with van der Waals surface area (Å²) in [4.78, 5) is 34.4. The molecule has 5 nitrogen and oxygen atoms in total. The molecule has 1 amide bonds. The van der Waals surface area contributed by atoms with Crippen LogP contribution in [0.15, 0.2) is 77.6 Å². The second-order valence-electron chi connectivity index (χ2n) is 9.43. The first-order valence-electron chi connectivity index (χ1n) is 12.9. The number of aryl methyl sites for hydroxylation is 2. The van der Waals surface area contributed by atoms with Crippen LogP contribution in [-0.2, 0) is 11.3 Å². The molecule has 0 saturated carbocycles. The number of carbonyl (C=O) groups excluding carboxylic acids is 1. The SMILES string of the molecule is CCCCC(=O)N(Cc1ccccc1)C(CC)c1nc2ccccc2c(=O)n1-c1ccc(C)c(C)c1. The zero-order valence-electron chi connectivity index (χ0n) is 21.7. The average Bonchev–Trinajstić information content (AvgIpc) is 2.89. The maximum atomic E-state index is 13.9. The molecule has 4 rings (SSSR count). The molecule has 3 aromatic carbocycles. The monoisotopic (exact) mass is 481 g/mol. The molecule has 0 bridgehead atoms. The van der Waals surface area contributed by atoms with E-state index in [0.29, 0.717) is 36.1 Å². The molecular weight excluding hydrogens is 446 g/mol. The Bertz CT molecular complexity index is 1410. The van der Waals surface area contributed by atoms with E-state index in [-0.39, 0.29) is 17.5 Å². The molecule has 0 aliphatic rings. The van der Waals surface area contributed by atoms with Gasteiger partial charge in [0.05, 0.1) is 22.6 Å². The highest BCUT2D eigenvalue weighted by Crippen LogP contribution is 2.29. The van der Waals surface area contributed by atoms with Crippen molar-refractivity contribution in [3.05, 3.63) is 106 Å². The number of hydrogen-bond acceptors (Lipinski definition) is 3. The molecule has 0 radical (unpaired) electrons. The summed E-state index contributed by atoms with van der Waals surface area (Å²) < 4.78 is 1.72. The molecule has 1 heterocycles. The first kappa shape index (κ1) is 25.4. The Balaban J connectivity index is 1.94. The van der Waals surface area contributed by atoms with Crippen molar-refractivity contribution >= 4 is 16.8 Å². The number of amides is 1. The Hall–Kier alpha value is -3.73. The molecule has 0 spiro atoms. The number of fused-ring (bicyclic) bond motifs is 1. The molecule has 4 aromatic rings. The third-order valence-corrected chi connectivity index (χ3v) is 6.87. The largest absolute Gasteiger partial charge is 0.328 e. The number of aromatic nitrogens is 2. The fraction of sp³-hybridized carbons (Fsp3) is 0.323. The highest BCUT2D eigenvalue weighted by molar-refractivity contribution is 5.79. The van der Waals surface area contributed by atoms with Gasteiger partial charge in [0, 0.05) is 13.0 Å². The van der Waals surface area contributed by atoms with Crippen LogP contribution in [0.1, 0.15) is 68.1 Å². The zero-order valence-corrected chi connectivity index (χ0v) is 21.7. The summed E-state index contributed by atoms with van der Waals surface area (Å²) in [7, 11) is 0. The lowest BCUT2D eigenvalue weighted by atomic mass is 10.1. The quantitative estimate of drug-likeness (QED) is 0.268. The summed E-state index contributed by atoms with van der Waals surface area (Å²) in [6, 6.07) is 23.2. The highest BCUT2D eigenvalue weighted by atomic mass is 16.2. The molecule has 1 unspecified atom stereocenters. The highest BCUT2D eigenvalue weighted by Gasteiger charge is 2.29. The normalized spacial score (nSPS) is 12.0. The molecule has 0 aliphatic carbocycles. The van der Waals surface area contributed by atoms with Crippen LogP contribution in [0.3, 0.4) is 0 Å². The van der Waals surface area contributed by atoms with Crippen LogP contribution in [0.4, 0.5) is 0 Å². The van der Waals surface area contributed by atoms with Crippen LogP contribution in [0.25, 0.3) is 16.6 Å². The molecule has 0 aliphatic heterocycles. The minimum Gasteiger partial charge on any atom is -0.328 e. The van der Waals surface area contributed by atoms with Crippen molar-refractivity contribution < 1.29 is 4.79 Å². The van der Waals surface area contributed by atoms with E-state index in [9.17, 15) is 9.59 Å². The van der Waals surface area contributed by atoms with E-state index in [4.69, 9.17) is 4.98 Å². The fourth-order valence-electron chi connectivity index (χ4n) is 4.65. The molecule has 1 aromatic heterocycles. The first-order valence-corrected chi connectivity index (χ1v) is 12.9. The summed E-state index contributed by atoms with van der Waals surface area (Å²) in [5.41, 5.74) is 4.63. The van der Waals surface area contributed by atoms with Gasteiger partial charge in [0.15, 0.2) is 0 Å². The van der Waals surface area contributed by atoms with Gasteiger partial charge in [0.2, 0.25) is 5.91 Å².